The van der Waals surface area contributed by atoms with E-state index in [9.17, 15) is 19.7 Å². The molecule has 0 heterocycles. The molecule has 0 saturated heterocycles. The van der Waals surface area contributed by atoms with E-state index in [1.165, 1.54) is 12.1 Å². The Bertz CT molecular complexity index is 561. The van der Waals surface area contributed by atoms with Gasteiger partial charge in [0.15, 0.2) is 0 Å². The van der Waals surface area contributed by atoms with Crippen molar-refractivity contribution in [3.8, 4) is 0 Å². The predicted molar refractivity (Wildman–Crippen MR) is 76.5 cm³/mol. The lowest BCUT2D eigenvalue weighted by atomic mass is 10.0. The van der Waals surface area contributed by atoms with E-state index < -0.39 is 22.7 Å². The Kier molecular flexibility index (Phi) is 6.10. The monoisotopic (exact) mass is 314 g/mol. The van der Waals surface area contributed by atoms with Gasteiger partial charge >= 0.3 is 5.97 Å². The minimum Gasteiger partial charge on any atom is -0.481 e. The number of carboxylic acids is 1. The number of amides is 1. The quantitative estimate of drug-likeness (QED) is 0.593. The fourth-order valence-electron chi connectivity index (χ4n) is 1.78. The Morgan fingerprint density at radius 2 is 2.14 bits per heavy atom. The van der Waals surface area contributed by atoms with E-state index in [2.05, 4.69) is 5.32 Å². The Balaban J connectivity index is 2.74. The second-order valence-corrected chi connectivity index (χ2v) is 4.86. The van der Waals surface area contributed by atoms with Crippen molar-refractivity contribution in [1.82, 2.24) is 5.32 Å². The Morgan fingerprint density at radius 3 is 2.62 bits per heavy atom. The summed E-state index contributed by atoms with van der Waals surface area (Å²) in [5.74, 6) is -2.15. The summed E-state index contributed by atoms with van der Waals surface area (Å²) in [4.78, 5) is 32.8. The van der Waals surface area contributed by atoms with Crippen LogP contribution in [0.2, 0.25) is 5.02 Å². The predicted octanol–water partition coefficient (Wildman–Crippen LogP) is 2.48. The highest BCUT2D eigenvalue weighted by Gasteiger charge is 2.19. The molecule has 0 radical (unpaired) electrons. The highest BCUT2D eigenvalue weighted by atomic mass is 35.5. The van der Waals surface area contributed by atoms with Crippen molar-refractivity contribution in [3.63, 3.8) is 0 Å². The second kappa shape index (κ2) is 7.58. The zero-order valence-electron chi connectivity index (χ0n) is 11.3. The summed E-state index contributed by atoms with van der Waals surface area (Å²) < 4.78 is 0. The average molecular weight is 315 g/mol. The lowest BCUT2D eigenvalue weighted by Gasteiger charge is -2.12. The molecule has 0 saturated carbocycles. The third-order valence-electron chi connectivity index (χ3n) is 2.90. The van der Waals surface area contributed by atoms with Crippen molar-refractivity contribution in [3.05, 3.63) is 38.9 Å². The zero-order valence-corrected chi connectivity index (χ0v) is 12.1. The number of nitrogens with one attached hydrogen (secondary N) is 1. The summed E-state index contributed by atoms with van der Waals surface area (Å²) in [5.41, 5.74) is -0.145. The molecule has 0 spiro atoms. The van der Waals surface area contributed by atoms with Crippen LogP contribution in [0.15, 0.2) is 18.2 Å². The number of aliphatic carboxylic acids is 1. The van der Waals surface area contributed by atoms with Gasteiger partial charge in [-0.3, -0.25) is 19.7 Å². The molecule has 114 valence electrons. The van der Waals surface area contributed by atoms with Gasteiger partial charge in [-0.15, -0.1) is 0 Å². The third-order valence-corrected chi connectivity index (χ3v) is 3.20. The molecule has 0 aliphatic heterocycles. The molecule has 21 heavy (non-hydrogen) atoms. The van der Waals surface area contributed by atoms with Crippen molar-refractivity contribution in [2.24, 2.45) is 5.92 Å². The number of nitro groups is 1. The van der Waals surface area contributed by atoms with E-state index in [4.69, 9.17) is 16.7 Å². The number of nitrogens with zero attached hydrogens (tertiary/aromatic N) is 1. The molecule has 1 rings (SSSR count). The second-order valence-electron chi connectivity index (χ2n) is 4.46. The molecule has 0 aliphatic carbocycles. The smallest absolute Gasteiger partial charge is 0.308 e. The van der Waals surface area contributed by atoms with Crippen LogP contribution in [0, 0.1) is 16.0 Å². The van der Waals surface area contributed by atoms with Crippen LogP contribution < -0.4 is 5.32 Å². The van der Waals surface area contributed by atoms with Crippen LogP contribution in [0.5, 0.6) is 0 Å². The number of hydrogen-bond donors (Lipinski definition) is 2. The van der Waals surface area contributed by atoms with E-state index >= 15 is 0 Å². The van der Waals surface area contributed by atoms with E-state index in [1.807, 2.05) is 6.92 Å². The molecular formula is C13H15ClN2O5. The first-order chi connectivity index (χ1) is 9.86. The molecule has 1 aromatic rings. The van der Waals surface area contributed by atoms with Gasteiger partial charge in [-0.1, -0.05) is 24.9 Å². The normalized spacial score (nSPS) is 11.7. The summed E-state index contributed by atoms with van der Waals surface area (Å²) in [6, 6.07) is 3.59. The number of benzene rings is 1. The molecule has 0 aliphatic rings. The maximum Gasteiger partial charge on any atom is 0.308 e. The molecule has 8 heteroatoms. The number of hydrogen-bond acceptors (Lipinski definition) is 4. The summed E-state index contributed by atoms with van der Waals surface area (Å²) in [6.07, 6.45) is 1.15. The number of rotatable bonds is 7. The van der Waals surface area contributed by atoms with Crippen molar-refractivity contribution in [1.29, 1.82) is 0 Å². The van der Waals surface area contributed by atoms with Crippen LogP contribution in [0.4, 0.5) is 5.69 Å². The highest BCUT2D eigenvalue weighted by molar-refractivity contribution is 6.33. The minimum atomic E-state index is -0.973. The largest absolute Gasteiger partial charge is 0.481 e. The van der Waals surface area contributed by atoms with Crippen LogP contribution in [0.1, 0.15) is 30.1 Å². The van der Waals surface area contributed by atoms with E-state index in [-0.39, 0.29) is 22.8 Å². The van der Waals surface area contributed by atoms with Gasteiger partial charge in [0.2, 0.25) is 0 Å². The summed E-state index contributed by atoms with van der Waals surface area (Å²) >= 11 is 5.72. The molecule has 0 fully saturated rings. The van der Waals surface area contributed by atoms with Gasteiger partial charge in [-0.2, -0.15) is 0 Å². The fourth-order valence-corrected chi connectivity index (χ4v) is 2.03. The number of nitro benzene ring substituents is 1. The maximum atomic E-state index is 11.9. The third kappa shape index (κ3) is 4.71. The first kappa shape index (κ1) is 16.9. The summed E-state index contributed by atoms with van der Waals surface area (Å²) in [5, 5.41) is 22.0. The molecule has 1 unspecified atom stereocenters. The molecule has 1 amide bonds. The van der Waals surface area contributed by atoms with Crippen molar-refractivity contribution >= 4 is 29.2 Å². The molecule has 1 aromatic carbocycles. The van der Waals surface area contributed by atoms with Crippen LogP contribution >= 0.6 is 11.6 Å². The topological polar surface area (TPSA) is 110 Å². The van der Waals surface area contributed by atoms with Crippen LogP contribution in [0.25, 0.3) is 0 Å². The standard InChI is InChI=1S/C13H15ClN2O5/c1-2-3-9(13(18)19)7-15-12(17)8-4-5-11(16(20)21)10(14)6-8/h4-6,9H,2-3,7H2,1H3,(H,15,17)(H,18,19). The average Bonchev–Trinajstić information content (AvgIpc) is 2.42. The molecule has 1 atom stereocenters. The van der Waals surface area contributed by atoms with Gasteiger partial charge in [0, 0.05) is 18.2 Å². The number of carboxylic acid groups (broad SMARTS) is 1. The Hall–Kier alpha value is -2.15. The van der Waals surface area contributed by atoms with Gasteiger partial charge in [0.05, 0.1) is 10.8 Å². The number of halogens is 1. The van der Waals surface area contributed by atoms with Gasteiger partial charge in [-0.05, 0) is 18.6 Å². The maximum absolute atomic E-state index is 11.9. The van der Waals surface area contributed by atoms with E-state index in [0.717, 1.165) is 6.07 Å². The SMILES string of the molecule is CCCC(CNC(=O)c1ccc([N+](=O)[O-])c(Cl)c1)C(=O)O. The number of carbonyl (C=O) groups is 2. The van der Waals surface area contributed by atoms with Gasteiger partial charge in [0.1, 0.15) is 5.02 Å². The Morgan fingerprint density at radius 1 is 1.48 bits per heavy atom. The van der Waals surface area contributed by atoms with Crippen molar-refractivity contribution in [2.45, 2.75) is 19.8 Å². The molecular weight excluding hydrogens is 300 g/mol. The minimum absolute atomic E-state index is 0.00336. The van der Waals surface area contributed by atoms with E-state index in [0.29, 0.717) is 12.8 Å². The summed E-state index contributed by atoms with van der Waals surface area (Å²) in [7, 11) is 0. The Labute approximate surface area is 126 Å². The first-order valence-corrected chi connectivity index (χ1v) is 6.69. The number of carbonyl (C=O) groups excluding carboxylic acids is 1. The van der Waals surface area contributed by atoms with Crippen molar-refractivity contribution < 1.29 is 19.6 Å². The van der Waals surface area contributed by atoms with Gasteiger partial charge in [0.25, 0.3) is 11.6 Å². The van der Waals surface area contributed by atoms with Gasteiger partial charge in [-0.25, -0.2) is 0 Å². The van der Waals surface area contributed by atoms with E-state index in [1.54, 1.807) is 0 Å². The lowest BCUT2D eigenvalue weighted by molar-refractivity contribution is -0.384. The first-order valence-electron chi connectivity index (χ1n) is 6.31. The van der Waals surface area contributed by atoms with Crippen LogP contribution in [-0.2, 0) is 4.79 Å². The van der Waals surface area contributed by atoms with Crippen molar-refractivity contribution in [2.75, 3.05) is 6.54 Å². The van der Waals surface area contributed by atoms with Crippen LogP contribution in [-0.4, -0.2) is 28.5 Å². The fraction of sp³-hybridized carbons (Fsp3) is 0.385. The highest BCUT2D eigenvalue weighted by Crippen LogP contribution is 2.24. The molecule has 0 bridgehead atoms. The van der Waals surface area contributed by atoms with Crippen LogP contribution in [0.3, 0.4) is 0 Å². The lowest BCUT2D eigenvalue weighted by Crippen LogP contribution is -2.32. The molecule has 2 N–H and O–H groups in total. The zero-order chi connectivity index (χ0) is 16.0. The summed E-state index contributed by atoms with van der Waals surface area (Å²) in [6.45, 7) is 1.85. The van der Waals surface area contributed by atoms with Gasteiger partial charge < -0.3 is 10.4 Å². The molecule has 7 nitrogen and oxygen atoms in total. The molecule has 0 aromatic heterocycles.